The van der Waals surface area contributed by atoms with Crippen molar-refractivity contribution in [3.8, 4) is 0 Å². The number of fused-ring (bicyclic) bond motifs is 2. The molecule has 0 radical (unpaired) electrons. The third-order valence-electron chi connectivity index (χ3n) is 6.16. The Hall–Kier alpha value is -2.62. The van der Waals surface area contributed by atoms with Gasteiger partial charge in [-0.1, -0.05) is 12.1 Å². The van der Waals surface area contributed by atoms with Crippen LogP contribution in [0.1, 0.15) is 49.9 Å². The minimum absolute atomic E-state index is 0.131. The summed E-state index contributed by atoms with van der Waals surface area (Å²) in [4.78, 5) is 44.3. The quantitative estimate of drug-likeness (QED) is 0.456. The fraction of sp³-hybridized carbons (Fsp3) is 0.455. The molecule has 3 amide bonds. The first-order valence-corrected chi connectivity index (χ1v) is 11.6. The molecule has 3 aliphatic heterocycles. The minimum atomic E-state index is -0.580. The van der Waals surface area contributed by atoms with Gasteiger partial charge in [0, 0.05) is 62.4 Å². The maximum absolute atomic E-state index is 12.9. The second-order valence-corrected chi connectivity index (χ2v) is 9.34. The molecule has 0 aliphatic carbocycles. The Bertz CT molecular complexity index is 1030. The smallest absolute Gasteiger partial charge is 0.255 e. The molecule has 162 valence electrons. The fourth-order valence-corrected chi connectivity index (χ4v) is 5.60. The molecule has 1 saturated heterocycles. The molecule has 4 heterocycles. The second-order valence-electron chi connectivity index (χ2n) is 8.17. The number of hydrogen-bond donors (Lipinski definition) is 3. The number of piperidine rings is 1. The highest BCUT2D eigenvalue weighted by atomic mass is 32.1. The molecular weight excluding hydrogens is 414 g/mol. The van der Waals surface area contributed by atoms with E-state index in [0.717, 1.165) is 43.6 Å². The Morgan fingerprint density at radius 1 is 1.23 bits per heavy atom. The predicted molar refractivity (Wildman–Crippen MR) is 115 cm³/mol. The van der Waals surface area contributed by atoms with Crippen LogP contribution in [-0.4, -0.2) is 46.7 Å². The highest BCUT2D eigenvalue weighted by molar-refractivity contribution is 7.11. The molecule has 8 nitrogen and oxygen atoms in total. The second kappa shape index (κ2) is 8.49. The van der Waals surface area contributed by atoms with Gasteiger partial charge in [0.25, 0.3) is 5.91 Å². The van der Waals surface area contributed by atoms with Crippen LogP contribution in [0.25, 0.3) is 0 Å². The first-order valence-electron chi connectivity index (χ1n) is 10.7. The standard InChI is InChI=1S/C22H25N5O3S/c28-19-5-4-17(21(29)26-19)27-12-15-13(2-1-3-14(15)22(27)30)10-23-9-7-20-25-16-6-8-24-11-18(16)31-20/h1-3,17,23-24H,4-12H2,(H,26,28,29). The van der Waals surface area contributed by atoms with Gasteiger partial charge in [-0.15, -0.1) is 11.3 Å². The fourth-order valence-electron chi connectivity index (χ4n) is 4.52. The van der Waals surface area contributed by atoms with Gasteiger partial charge >= 0.3 is 0 Å². The summed E-state index contributed by atoms with van der Waals surface area (Å²) >= 11 is 1.79. The highest BCUT2D eigenvalue weighted by Gasteiger charge is 2.39. The highest BCUT2D eigenvalue weighted by Crippen LogP contribution is 2.30. The predicted octanol–water partition coefficient (Wildman–Crippen LogP) is 0.882. The monoisotopic (exact) mass is 439 g/mol. The first-order chi connectivity index (χ1) is 15.1. The zero-order valence-corrected chi connectivity index (χ0v) is 18.0. The van der Waals surface area contributed by atoms with Crippen molar-refractivity contribution in [1.29, 1.82) is 0 Å². The van der Waals surface area contributed by atoms with Crippen LogP contribution in [0.3, 0.4) is 0 Å². The van der Waals surface area contributed by atoms with E-state index < -0.39 is 6.04 Å². The number of thiazole rings is 1. The Kier molecular flexibility index (Phi) is 5.56. The summed E-state index contributed by atoms with van der Waals surface area (Å²) in [6.07, 6.45) is 2.54. The maximum Gasteiger partial charge on any atom is 0.255 e. The molecule has 9 heteroatoms. The number of hydrogen-bond acceptors (Lipinski definition) is 7. The molecule has 3 aliphatic rings. The Balaban J connectivity index is 1.21. The van der Waals surface area contributed by atoms with Gasteiger partial charge in [0.05, 0.1) is 10.7 Å². The Morgan fingerprint density at radius 2 is 2.13 bits per heavy atom. The van der Waals surface area contributed by atoms with Gasteiger partial charge in [-0.05, 0) is 23.6 Å². The van der Waals surface area contributed by atoms with Crippen molar-refractivity contribution in [3.63, 3.8) is 0 Å². The van der Waals surface area contributed by atoms with Gasteiger partial charge in [0.1, 0.15) is 6.04 Å². The summed E-state index contributed by atoms with van der Waals surface area (Å²) in [5, 5.41) is 10.4. The van der Waals surface area contributed by atoms with Crippen molar-refractivity contribution in [1.82, 2.24) is 25.8 Å². The average molecular weight is 440 g/mol. The lowest BCUT2D eigenvalue weighted by Gasteiger charge is -2.29. The number of carbonyl (C=O) groups excluding carboxylic acids is 3. The lowest BCUT2D eigenvalue weighted by atomic mass is 10.0. The van der Waals surface area contributed by atoms with Crippen LogP contribution < -0.4 is 16.0 Å². The largest absolute Gasteiger partial charge is 0.322 e. The van der Waals surface area contributed by atoms with Gasteiger partial charge in [0.15, 0.2) is 0 Å². The number of carbonyl (C=O) groups is 3. The Labute approximate surface area is 184 Å². The van der Waals surface area contributed by atoms with Gasteiger partial charge in [-0.3, -0.25) is 19.7 Å². The van der Waals surface area contributed by atoms with Crippen LogP contribution >= 0.6 is 11.3 Å². The van der Waals surface area contributed by atoms with E-state index in [1.54, 1.807) is 16.2 Å². The first kappa shape index (κ1) is 20.3. The summed E-state index contributed by atoms with van der Waals surface area (Å²) < 4.78 is 0. The van der Waals surface area contributed by atoms with Gasteiger partial charge in [-0.2, -0.15) is 0 Å². The van der Waals surface area contributed by atoms with Crippen LogP contribution in [0.2, 0.25) is 0 Å². The van der Waals surface area contributed by atoms with Gasteiger partial charge in [-0.25, -0.2) is 4.98 Å². The average Bonchev–Trinajstić information content (AvgIpc) is 3.33. The van der Waals surface area contributed by atoms with E-state index in [9.17, 15) is 14.4 Å². The van der Waals surface area contributed by atoms with Crippen LogP contribution in [0.15, 0.2) is 18.2 Å². The molecule has 0 saturated carbocycles. The summed E-state index contributed by atoms with van der Waals surface area (Å²) in [5.41, 5.74) is 3.94. The molecule has 5 rings (SSSR count). The zero-order valence-electron chi connectivity index (χ0n) is 17.2. The number of nitrogens with zero attached hydrogens (tertiary/aromatic N) is 2. The minimum Gasteiger partial charge on any atom is -0.322 e. The SMILES string of the molecule is O=C1CCC(N2Cc3c(CNCCc4nc5c(s4)CNCC5)cccc3C2=O)C(=O)N1. The number of rotatable bonds is 6. The van der Waals surface area contributed by atoms with E-state index in [1.807, 2.05) is 18.2 Å². The molecule has 3 N–H and O–H groups in total. The van der Waals surface area contributed by atoms with E-state index in [4.69, 9.17) is 4.98 Å². The number of imide groups is 1. The summed E-state index contributed by atoms with van der Waals surface area (Å²) in [6.45, 7) is 3.81. The van der Waals surface area contributed by atoms with Crippen molar-refractivity contribution in [2.75, 3.05) is 13.1 Å². The number of aromatic nitrogens is 1. The molecule has 1 unspecified atom stereocenters. The maximum atomic E-state index is 12.9. The molecule has 31 heavy (non-hydrogen) atoms. The van der Waals surface area contributed by atoms with Crippen LogP contribution in [0, 0.1) is 0 Å². The molecule has 0 bridgehead atoms. The topological polar surface area (TPSA) is 103 Å². The van der Waals surface area contributed by atoms with Crippen molar-refractivity contribution in [3.05, 3.63) is 50.5 Å². The van der Waals surface area contributed by atoms with Crippen molar-refractivity contribution >= 4 is 29.1 Å². The summed E-state index contributed by atoms with van der Waals surface area (Å²) in [6, 6.07) is 5.16. The van der Waals surface area contributed by atoms with E-state index in [0.29, 0.717) is 25.1 Å². The molecule has 1 aromatic carbocycles. The third-order valence-corrected chi connectivity index (χ3v) is 7.31. The number of amides is 3. The van der Waals surface area contributed by atoms with E-state index in [2.05, 4.69) is 16.0 Å². The molecule has 0 spiro atoms. The van der Waals surface area contributed by atoms with Crippen LogP contribution in [0.4, 0.5) is 0 Å². The van der Waals surface area contributed by atoms with Crippen LogP contribution in [0.5, 0.6) is 0 Å². The van der Waals surface area contributed by atoms with E-state index >= 15 is 0 Å². The van der Waals surface area contributed by atoms with E-state index in [-0.39, 0.29) is 24.1 Å². The number of benzene rings is 1. The normalized spacial score (nSPS) is 20.6. The zero-order chi connectivity index (χ0) is 21.4. The summed E-state index contributed by atoms with van der Waals surface area (Å²) in [7, 11) is 0. The van der Waals surface area contributed by atoms with Crippen molar-refractivity contribution < 1.29 is 14.4 Å². The van der Waals surface area contributed by atoms with Crippen molar-refractivity contribution in [2.45, 2.75) is 51.4 Å². The summed E-state index contributed by atoms with van der Waals surface area (Å²) in [5.74, 6) is -0.778. The molecule has 1 fully saturated rings. The number of nitrogens with one attached hydrogen (secondary N) is 3. The van der Waals surface area contributed by atoms with Crippen LogP contribution in [-0.2, 0) is 42.1 Å². The Morgan fingerprint density at radius 3 is 2.97 bits per heavy atom. The molecule has 2 aromatic rings. The van der Waals surface area contributed by atoms with E-state index in [1.165, 1.54) is 15.6 Å². The molecule has 1 aromatic heterocycles. The van der Waals surface area contributed by atoms with Crippen molar-refractivity contribution in [2.24, 2.45) is 0 Å². The van der Waals surface area contributed by atoms with Gasteiger partial charge in [0.2, 0.25) is 11.8 Å². The third kappa shape index (κ3) is 4.00. The van der Waals surface area contributed by atoms with Gasteiger partial charge < -0.3 is 15.5 Å². The molecule has 1 atom stereocenters. The lowest BCUT2D eigenvalue weighted by Crippen LogP contribution is -2.52. The molecular formula is C22H25N5O3S. The lowest BCUT2D eigenvalue weighted by molar-refractivity contribution is -0.136.